The number of amides is 1. The number of carbonyl (C=O) groups is 1. The first-order valence-electron chi connectivity index (χ1n) is 6.21. The highest BCUT2D eigenvalue weighted by atomic mass is 32.1. The second kappa shape index (κ2) is 5.52. The Morgan fingerprint density at radius 1 is 1.53 bits per heavy atom. The van der Waals surface area contributed by atoms with E-state index in [2.05, 4.69) is 22.4 Å². The number of hydrogen-bond acceptors (Lipinski definition) is 5. The van der Waals surface area contributed by atoms with Crippen molar-refractivity contribution < 1.29 is 9.32 Å². The standard InChI is InChI=1S/C13H17N3O2S/c1-5-10-6-11(19-8(10)3)12(17)14-7(2)13-15-9(4)16-18-13/h6-7H,5H2,1-4H3,(H,14,17)/t7-/m1/s1. The van der Waals surface area contributed by atoms with E-state index in [0.29, 0.717) is 11.7 Å². The van der Waals surface area contributed by atoms with Gasteiger partial charge in [0.15, 0.2) is 5.82 Å². The van der Waals surface area contributed by atoms with Gasteiger partial charge in [-0.1, -0.05) is 12.1 Å². The van der Waals surface area contributed by atoms with E-state index >= 15 is 0 Å². The van der Waals surface area contributed by atoms with E-state index in [1.54, 1.807) is 6.92 Å². The van der Waals surface area contributed by atoms with Gasteiger partial charge in [-0.2, -0.15) is 4.98 Å². The molecule has 2 rings (SSSR count). The smallest absolute Gasteiger partial charge is 0.262 e. The Balaban J connectivity index is 2.08. The predicted octanol–water partition coefficient (Wildman–Crippen LogP) is 2.80. The molecule has 0 saturated carbocycles. The molecule has 1 amide bonds. The minimum absolute atomic E-state index is 0.101. The summed E-state index contributed by atoms with van der Waals surface area (Å²) in [6.45, 7) is 7.69. The van der Waals surface area contributed by atoms with Crippen LogP contribution in [0.1, 0.15) is 51.7 Å². The van der Waals surface area contributed by atoms with Crippen LogP contribution in [0.15, 0.2) is 10.6 Å². The van der Waals surface area contributed by atoms with Crippen LogP contribution in [0.2, 0.25) is 0 Å². The SMILES string of the molecule is CCc1cc(C(=O)N[C@H](C)c2nc(C)no2)sc1C. The zero-order valence-corrected chi connectivity index (χ0v) is 12.3. The van der Waals surface area contributed by atoms with Gasteiger partial charge in [0.1, 0.15) is 6.04 Å². The number of nitrogens with zero attached hydrogens (tertiary/aromatic N) is 2. The Morgan fingerprint density at radius 3 is 2.79 bits per heavy atom. The fourth-order valence-corrected chi connectivity index (χ4v) is 2.82. The summed E-state index contributed by atoms with van der Waals surface area (Å²) in [5, 5.41) is 6.58. The lowest BCUT2D eigenvalue weighted by Gasteiger charge is -2.07. The molecule has 2 aromatic rings. The molecule has 2 aromatic heterocycles. The van der Waals surface area contributed by atoms with Gasteiger partial charge < -0.3 is 9.84 Å². The second-order valence-corrected chi connectivity index (χ2v) is 5.68. The van der Waals surface area contributed by atoms with E-state index in [-0.39, 0.29) is 11.9 Å². The molecule has 5 nitrogen and oxygen atoms in total. The average molecular weight is 279 g/mol. The maximum Gasteiger partial charge on any atom is 0.262 e. The van der Waals surface area contributed by atoms with Crippen molar-refractivity contribution in [3.8, 4) is 0 Å². The minimum atomic E-state index is -0.291. The van der Waals surface area contributed by atoms with Gasteiger partial charge >= 0.3 is 0 Å². The Morgan fingerprint density at radius 2 is 2.26 bits per heavy atom. The molecule has 0 radical (unpaired) electrons. The third-order valence-corrected chi connectivity index (χ3v) is 3.98. The minimum Gasteiger partial charge on any atom is -0.340 e. The van der Waals surface area contributed by atoms with Crippen LogP contribution in [0.5, 0.6) is 0 Å². The lowest BCUT2D eigenvalue weighted by Crippen LogP contribution is -2.26. The first kappa shape index (κ1) is 13.7. The van der Waals surface area contributed by atoms with Crippen molar-refractivity contribution in [2.45, 2.75) is 40.2 Å². The van der Waals surface area contributed by atoms with Crippen molar-refractivity contribution in [2.24, 2.45) is 0 Å². The lowest BCUT2D eigenvalue weighted by molar-refractivity contribution is 0.0936. The van der Waals surface area contributed by atoms with Gasteiger partial charge in [0.05, 0.1) is 4.88 Å². The Labute approximate surface area is 116 Å². The molecule has 19 heavy (non-hydrogen) atoms. The van der Waals surface area contributed by atoms with Crippen molar-refractivity contribution in [3.63, 3.8) is 0 Å². The van der Waals surface area contributed by atoms with E-state index in [1.165, 1.54) is 21.8 Å². The Bertz CT molecular complexity index is 588. The largest absolute Gasteiger partial charge is 0.340 e. The maximum atomic E-state index is 12.1. The van der Waals surface area contributed by atoms with E-state index in [9.17, 15) is 4.79 Å². The summed E-state index contributed by atoms with van der Waals surface area (Å²) in [4.78, 5) is 18.1. The Hall–Kier alpha value is -1.69. The quantitative estimate of drug-likeness (QED) is 0.934. The third kappa shape index (κ3) is 3.01. The number of aryl methyl sites for hydroxylation is 3. The number of rotatable bonds is 4. The molecule has 0 aliphatic rings. The molecule has 0 fully saturated rings. The predicted molar refractivity (Wildman–Crippen MR) is 73.4 cm³/mol. The molecule has 0 spiro atoms. The van der Waals surface area contributed by atoms with Gasteiger partial charge in [-0.05, 0) is 38.8 Å². The fraction of sp³-hybridized carbons (Fsp3) is 0.462. The third-order valence-electron chi connectivity index (χ3n) is 2.89. The highest BCUT2D eigenvalue weighted by Crippen LogP contribution is 2.22. The lowest BCUT2D eigenvalue weighted by atomic mass is 10.2. The number of hydrogen-bond donors (Lipinski definition) is 1. The van der Waals surface area contributed by atoms with Gasteiger partial charge in [-0.15, -0.1) is 11.3 Å². The second-order valence-electron chi connectivity index (χ2n) is 4.42. The van der Waals surface area contributed by atoms with Crippen LogP contribution in [0.4, 0.5) is 0 Å². The van der Waals surface area contributed by atoms with E-state index in [4.69, 9.17) is 4.52 Å². The molecule has 2 heterocycles. The summed E-state index contributed by atoms with van der Waals surface area (Å²) in [7, 11) is 0. The zero-order chi connectivity index (χ0) is 14.0. The van der Waals surface area contributed by atoms with Crippen LogP contribution >= 0.6 is 11.3 Å². The zero-order valence-electron chi connectivity index (χ0n) is 11.5. The maximum absolute atomic E-state index is 12.1. The van der Waals surface area contributed by atoms with E-state index in [0.717, 1.165) is 11.3 Å². The van der Waals surface area contributed by atoms with Gasteiger partial charge in [-0.25, -0.2) is 0 Å². The van der Waals surface area contributed by atoms with Gasteiger partial charge in [0, 0.05) is 4.88 Å². The summed E-state index contributed by atoms with van der Waals surface area (Å²) in [5.74, 6) is 0.891. The molecule has 0 bridgehead atoms. The van der Waals surface area contributed by atoms with Crippen molar-refractivity contribution in [2.75, 3.05) is 0 Å². The van der Waals surface area contributed by atoms with Crippen molar-refractivity contribution in [1.29, 1.82) is 0 Å². The van der Waals surface area contributed by atoms with E-state index in [1.807, 2.05) is 19.9 Å². The first-order chi connectivity index (χ1) is 9.01. The van der Waals surface area contributed by atoms with Crippen LogP contribution in [0.25, 0.3) is 0 Å². The molecule has 102 valence electrons. The van der Waals surface area contributed by atoms with Crippen LogP contribution in [0.3, 0.4) is 0 Å². The Kier molecular flexibility index (Phi) is 3.99. The molecule has 6 heteroatoms. The van der Waals surface area contributed by atoms with Crippen molar-refractivity contribution in [3.05, 3.63) is 33.1 Å². The summed E-state index contributed by atoms with van der Waals surface area (Å²) < 4.78 is 5.04. The van der Waals surface area contributed by atoms with Crippen LogP contribution < -0.4 is 5.32 Å². The molecule has 0 aliphatic heterocycles. The molecule has 0 unspecified atom stereocenters. The number of nitrogens with one attached hydrogen (secondary N) is 1. The molecule has 1 atom stereocenters. The van der Waals surface area contributed by atoms with Gasteiger partial charge in [0.25, 0.3) is 5.91 Å². The molecule has 0 aliphatic carbocycles. The number of thiophene rings is 1. The van der Waals surface area contributed by atoms with Gasteiger partial charge in [-0.3, -0.25) is 4.79 Å². The molecular weight excluding hydrogens is 262 g/mol. The fourth-order valence-electron chi connectivity index (χ4n) is 1.80. The normalized spacial score (nSPS) is 12.4. The van der Waals surface area contributed by atoms with E-state index < -0.39 is 0 Å². The van der Waals surface area contributed by atoms with Crippen LogP contribution in [-0.4, -0.2) is 16.0 Å². The van der Waals surface area contributed by atoms with Crippen LogP contribution in [-0.2, 0) is 6.42 Å². The number of aromatic nitrogens is 2. The summed E-state index contributed by atoms with van der Waals surface area (Å²) in [6.07, 6.45) is 0.939. The molecule has 0 saturated heterocycles. The molecule has 0 aromatic carbocycles. The van der Waals surface area contributed by atoms with Gasteiger partial charge in [0.2, 0.25) is 5.89 Å². The summed E-state index contributed by atoms with van der Waals surface area (Å²) in [5.41, 5.74) is 1.22. The van der Waals surface area contributed by atoms with Crippen molar-refractivity contribution in [1.82, 2.24) is 15.5 Å². The average Bonchev–Trinajstić information content (AvgIpc) is 2.95. The topological polar surface area (TPSA) is 68.0 Å². The number of carbonyl (C=O) groups excluding carboxylic acids is 1. The van der Waals surface area contributed by atoms with Crippen molar-refractivity contribution >= 4 is 17.2 Å². The van der Waals surface area contributed by atoms with Crippen LogP contribution in [0, 0.1) is 13.8 Å². The first-order valence-corrected chi connectivity index (χ1v) is 7.03. The molecular formula is C13H17N3O2S. The highest BCUT2D eigenvalue weighted by molar-refractivity contribution is 7.14. The summed E-state index contributed by atoms with van der Waals surface area (Å²) in [6, 6.07) is 1.65. The molecule has 1 N–H and O–H groups in total. The monoisotopic (exact) mass is 279 g/mol. The highest BCUT2D eigenvalue weighted by Gasteiger charge is 2.18. The summed E-state index contributed by atoms with van der Waals surface area (Å²) >= 11 is 1.51.